The number of carbonyl (C=O) groups excluding carboxylic acids is 1. The summed E-state index contributed by atoms with van der Waals surface area (Å²) in [7, 11) is 0. The molecule has 1 saturated heterocycles. The van der Waals surface area contributed by atoms with Gasteiger partial charge in [-0.25, -0.2) is 0 Å². The fourth-order valence-electron chi connectivity index (χ4n) is 3.21. The van der Waals surface area contributed by atoms with E-state index >= 15 is 0 Å². The Hall–Kier alpha value is -1.10. The molecule has 0 spiro atoms. The number of nitrogens with one attached hydrogen (secondary N) is 1. The number of amides is 1. The van der Waals surface area contributed by atoms with Crippen molar-refractivity contribution < 1.29 is 14.7 Å². The van der Waals surface area contributed by atoms with Crippen LogP contribution in [0, 0.1) is 11.8 Å². The van der Waals surface area contributed by atoms with Gasteiger partial charge in [0.2, 0.25) is 5.91 Å². The van der Waals surface area contributed by atoms with E-state index in [1.807, 2.05) is 0 Å². The van der Waals surface area contributed by atoms with E-state index in [4.69, 9.17) is 5.11 Å². The minimum Gasteiger partial charge on any atom is -0.481 e. The van der Waals surface area contributed by atoms with Gasteiger partial charge in [0.1, 0.15) is 0 Å². The molecule has 0 aromatic rings. The van der Waals surface area contributed by atoms with Crippen LogP contribution < -0.4 is 5.32 Å². The van der Waals surface area contributed by atoms with Crippen LogP contribution in [0.5, 0.6) is 0 Å². The lowest BCUT2D eigenvalue weighted by molar-refractivity contribution is -0.148. The van der Waals surface area contributed by atoms with E-state index in [0.29, 0.717) is 19.4 Å². The van der Waals surface area contributed by atoms with Gasteiger partial charge >= 0.3 is 5.97 Å². The van der Waals surface area contributed by atoms with E-state index in [1.165, 1.54) is 12.8 Å². The zero-order chi connectivity index (χ0) is 13.7. The first-order valence-corrected chi connectivity index (χ1v) is 7.41. The molecule has 2 rings (SSSR count). The molecule has 5 heteroatoms. The second kappa shape index (κ2) is 6.89. The molecular formula is C14H24N2O3. The second-order valence-corrected chi connectivity index (χ2v) is 5.68. The normalized spacial score (nSPS) is 28.2. The van der Waals surface area contributed by atoms with Crippen molar-refractivity contribution in [2.24, 2.45) is 11.8 Å². The molecule has 0 aromatic carbocycles. The smallest absolute Gasteiger partial charge is 0.307 e. The lowest BCUT2D eigenvalue weighted by Crippen LogP contribution is -2.42. The molecule has 1 amide bonds. The molecule has 5 nitrogen and oxygen atoms in total. The van der Waals surface area contributed by atoms with E-state index in [9.17, 15) is 9.59 Å². The highest BCUT2D eigenvalue weighted by molar-refractivity contribution is 5.84. The van der Waals surface area contributed by atoms with Gasteiger partial charge in [0.15, 0.2) is 0 Å². The molecule has 0 radical (unpaired) electrons. The summed E-state index contributed by atoms with van der Waals surface area (Å²) in [4.78, 5) is 25.6. The summed E-state index contributed by atoms with van der Waals surface area (Å²) in [5.41, 5.74) is 0. The van der Waals surface area contributed by atoms with Crippen LogP contribution in [0.25, 0.3) is 0 Å². The van der Waals surface area contributed by atoms with Crippen molar-refractivity contribution in [1.29, 1.82) is 0 Å². The first-order chi connectivity index (χ1) is 9.18. The van der Waals surface area contributed by atoms with Crippen molar-refractivity contribution in [2.75, 3.05) is 26.2 Å². The Morgan fingerprint density at radius 3 is 2.32 bits per heavy atom. The van der Waals surface area contributed by atoms with Crippen molar-refractivity contribution >= 4 is 11.9 Å². The molecule has 1 aliphatic carbocycles. The summed E-state index contributed by atoms with van der Waals surface area (Å²) in [6.45, 7) is 3.77. The third kappa shape index (κ3) is 3.93. The van der Waals surface area contributed by atoms with Crippen molar-refractivity contribution in [1.82, 2.24) is 10.2 Å². The van der Waals surface area contributed by atoms with Crippen LogP contribution >= 0.6 is 0 Å². The molecule has 2 fully saturated rings. The van der Waals surface area contributed by atoms with Gasteiger partial charge < -0.3 is 15.3 Å². The van der Waals surface area contributed by atoms with Gasteiger partial charge in [-0.1, -0.05) is 12.8 Å². The van der Waals surface area contributed by atoms with E-state index in [1.54, 1.807) is 0 Å². The van der Waals surface area contributed by atoms with Gasteiger partial charge in [0.25, 0.3) is 0 Å². The van der Waals surface area contributed by atoms with Gasteiger partial charge in [-0.2, -0.15) is 0 Å². The number of aliphatic carboxylic acids is 1. The molecule has 0 bridgehead atoms. The third-order valence-electron chi connectivity index (χ3n) is 4.35. The van der Waals surface area contributed by atoms with Crippen molar-refractivity contribution in [3.8, 4) is 0 Å². The Morgan fingerprint density at radius 2 is 1.68 bits per heavy atom. The number of carboxylic acids is 1. The molecule has 0 unspecified atom stereocenters. The Kier molecular flexibility index (Phi) is 5.19. The average Bonchev–Trinajstić information content (AvgIpc) is 2.91. The van der Waals surface area contributed by atoms with Crippen LogP contribution in [0.4, 0.5) is 0 Å². The summed E-state index contributed by atoms with van der Waals surface area (Å²) >= 11 is 0. The first-order valence-electron chi connectivity index (χ1n) is 7.41. The van der Waals surface area contributed by atoms with Gasteiger partial charge in [0, 0.05) is 13.1 Å². The summed E-state index contributed by atoms with van der Waals surface area (Å²) in [6.07, 6.45) is 5.74. The maximum Gasteiger partial charge on any atom is 0.307 e. The minimum absolute atomic E-state index is 0.0636. The second-order valence-electron chi connectivity index (χ2n) is 5.68. The number of likely N-dealkylation sites (tertiary alicyclic amines) is 1. The zero-order valence-corrected chi connectivity index (χ0v) is 11.4. The van der Waals surface area contributed by atoms with Crippen LogP contribution in [-0.4, -0.2) is 48.1 Å². The van der Waals surface area contributed by atoms with Gasteiger partial charge in [-0.05, 0) is 38.8 Å². The fraction of sp³-hybridized carbons (Fsp3) is 0.857. The number of carboxylic acid groups (broad SMARTS) is 1. The first kappa shape index (κ1) is 14.3. The highest BCUT2D eigenvalue weighted by Gasteiger charge is 2.35. The molecule has 108 valence electrons. The highest BCUT2D eigenvalue weighted by Crippen LogP contribution is 2.30. The quantitative estimate of drug-likeness (QED) is 0.783. The topological polar surface area (TPSA) is 69.6 Å². The van der Waals surface area contributed by atoms with Crippen LogP contribution in [-0.2, 0) is 9.59 Å². The highest BCUT2D eigenvalue weighted by atomic mass is 16.4. The number of rotatable bonds is 5. The van der Waals surface area contributed by atoms with E-state index in [-0.39, 0.29) is 11.8 Å². The average molecular weight is 268 g/mol. The molecule has 0 aromatic heterocycles. The summed E-state index contributed by atoms with van der Waals surface area (Å²) < 4.78 is 0. The number of carbonyl (C=O) groups is 2. The molecule has 19 heavy (non-hydrogen) atoms. The maximum absolute atomic E-state index is 12.1. The molecule has 1 aliphatic heterocycles. The van der Waals surface area contributed by atoms with E-state index in [0.717, 1.165) is 32.5 Å². The standard InChI is InChI=1S/C14H24N2O3/c17-13(15-7-10-16-8-3-4-9-16)11-5-1-2-6-12(11)14(18)19/h11-12H,1-10H2,(H,15,17)(H,18,19)/t11-,12+/m1/s1. The lowest BCUT2D eigenvalue weighted by Gasteiger charge is -2.27. The molecule has 1 saturated carbocycles. The Morgan fingerprint density at radius 1 is 1.05 bits per heavy atom. The number of hydrogen-bond donors (Lipinski definition) is 2. The van der Waals surface area contributed by atoms with Crippen molar-refractivity contribution in [3.05, 3.63) is 0 Å². The molecule has 2 aliphatic rings. The predicted molar refractivity (Wildman–Crippen MR) is 71.8 cm³/mol. The number of nitrogens with zero attached hydrogens (tertiary/aromatic N) is 1. The summed E-state index contributed by atoms with van der Waals surface area (Å²) in [5.74, 6) is -1.70. The summed E-state index contributed by atoms with van der Waals surface area (Å²) in [5, 5.41) is 12.1. The molecule has 2 N–H and O–H groups in total. The largest absolute Gasteiger partial charge is 0.481 e. The van der Waals surface area contributed by atoms with Crippen molar-refractivity contribution in [3.63, 3.8) is 0 Å². The SMILES string of the molecule is O=C(O)[C@H]1CCCC[C@H]1C(=O)NCCN1CCCC1. The maximum atomic E-state index is 12.1. The van der Waals surface area contributed by atoms with Crippen LogP contribution in [0.1, 0.15) is 38.5 Å². The zero-order valence-electron chi connectivity index (χ0n) is 11.4. The monoisotopic (exact) mass is 268 g/mol. The predicted octanol–water partition coefficient (Wildman–Crippen LogP) is 1.09. The van der Waals surface area contributed by atoms with Crippen LogP contribution in [0.15, 0.2) is 0 Å². The lowest BCUT2D eigenvalue weighted by atomic mass is 9.79. The molecular weight excluding hydrogens is 244 g/mol. The fourth-order valence-corrected chi connectivity index (χ4v) is 3.21. The minimum atomic E-state index is -0.820. The summed E-state index contributed by atoms with van der Waals surface area (Å²) in [6, 6.07) is 0. The Bertz CT molecular complexity index is 327. The molecule has 1 heterocycles. The van der Waals surface area contributed by atoms with Gasteiger partial charge in [0.05, 0.1) is 11.8 Å². The van der Waals surface area contributed by atoms with Gasteiger partial charge in [-0.3, -0.25) is 9.59 Å². The van der Waals surface area contributed by atoms with Crippen LogP contribution in [0.2, 0.25) is 0 Å². The third-order valence-corrected chi connectivity index (χ3v) is 4.35. The van der Waals surface area contributed by atoms with Crippen molar-refractivity contribution in [2.45, 2.75) is 38.5 Å². The van der Waals surface area contributed by atoms with Crippen LogP contribution in [0.3, 0.4) is 0 Å². The van der Waals surface area contributed by atoms with Gasteiger partial charge in [-0.15, -0.1) is 0 Å². The van der Waals surface area contributed by atoms with E-state index < -0.39 is 11.9 Å². The Labute approximate surface area is 114 Å². The number of hydrogen-bond acceptors (Lipinski definition) is 3. The molecule has 2 atom stereocenters. The van der Waals surface area contributed by atoms with E-state index in [2.05, 4.69) is 10.2 Å². The Balaban J connectivity index is 1.75.